The molecule has 0 bridgehead atoms. The van der Waals surface area contributed by atoms with E-state index in [0.717, 1.165) is 43.5 Å². The Hall–Kier alpha value is -3.85. The number of nitrogens with zero attached hydrogens (tertiary/aromatic N) is 4. The van der Waals surface area contributed by atoms with Gasteiger partial charge in [-0.2, -0.15) is 0 Å². The molecule has 1 saturated heterocycles. The summed E-state index contributed by atoms with van der Waals surface area (Å²) in [6.07, 6.45) is 7.53. The van der Waals surface area contributed by atoms with E-state index in [-0.39, 0.29) is 12.2 Å². The lowest BCUT2D eigenvalue weighted by Gasteiger charge is -2.32. The average Bonchev–Trinajstić information content (AvgIpc) is 2.92. The van der Waals surface area contributed by atoms with Crippen molar-refractivity contribution in [3.63, 3.8) is 0 Å². The fourth-order valence-corrected chi connectivity index (χ4v) is 4.75. The van der Waals surface area contributed by atoms with E-state index < -0.39 is 0 Å². The molecular weight excluding hydrogens is 459 g/mol. The molecule has 1 aliphatic rings. The number of anilines is 2. The van der Waals surface area contributed by atoms with Crippen molar-refractivity contribution in [2.45, 2.75) is 25.2 Å². The number of aromatic amines is 1. The lowest BCUT2D eigenvalue weighted by atomic mass is 9.89. The van der Waals surface area contributed by atoms with Crippen molar-refractivity contribution in [2.75, 3.05) is 38.7 Å². The third kappa shape index (κ3) is 5.21. The van der Waals surface area contributed by atoms with Crippen LogP contribution >= 0.6 is 0 Å². The van der Waals surface area contributed by atoms with Gasteiger partial charge in [0, 0.05) is 18.4 Å². The zero-order valence-corrected chi connectivity index (χ0v) is 20.2. The van der Waals surface area contributed by atoms with Gasteiger partial charge in [0.1, 0.15) is 11.5 Å². The number of hydrogen-bond acceptors (Lipinski definition) is 7. The maximum Gasteiger partial charge on any atom is 0.259 e. The Balaban J connectivity index is 1.39. The highest BCUT2D eigenvalue weighted by Gasteiger charge is 2.20. The van der Waals surface area contributed by atoms with Crippen molar-refractivity contribution in [2.24, 2.45) is 0 Å². The van der Waals surface area contributed by atoms with Crippen LogP contribution in [0.1, 0.15) is 30.7 Å². The molecule has 0 amide bonds. The van der Waals surface area contributed by atoms with E-state index in [1.807, 2.05) is 24.3 Å². The number of halogens is 1. The van der Waals surface area contributed by atoms with E-state index in [1.54, 1.807) is 12.4 Å². The van der Waals surface area contributed by atoms with Gasteiger partial charge in [0.05, 0.1) is 37.3 Å². The molecular formula is C27H29FN6O2. The van der Waals surface area contributed by atoms with Gasteiger partial charge >= 0.3 is 0 Å². The van der Waals surface area contributed by atoms with Crippen LogP contribution in [0.2, 0.25) is 0 Å². The highest BCUT2D eigenvalue weighted by molar-refractivity contribution is 5.94. The number of pyridine rings is 2. The molecule has 4 heterocycles. The number of nitrogens with one attached hydrogen (secondary N) is 2. The van der Waals surface area contributed by atoms with Crippen LogP contribution in [-0.4, -0.2) is 58.3 Å². The van der Waals surface area contributed by atoms with Crippen LogP contribution in [0.25, 0.3) is 22.2 Å². The molecule has 3 aromatic heterocycles. The molecule has 1 fully saturated rings. The number of methoxy groups -OCH3 is 1. The van der Waals surface area contributed by atoms with Crippen LogP contribution in [0.5, 0.6) is 5.88 Å². The molecule has 9 heteroatoms. The Morgan fingerprint density at radius 3 is 2.67 bits per heavy atom. The summed E-state index contributed by atoms with van der Waals surface area (Å²) in [4.78, 5) is 31.1. The topological polar surface area (TPSA) is 96.0 Å². The summed E-state index contributed by atoms with van der Waals surface area (Å²) >= 11 is 0. The molecule has 186 valence electrons. The van der Waals surface area contributed by atoms with Gasteiger partial charge in [-0.1, -0.05) is 12.1 Å². The standard InChI is InChI=1S/C27H29FN6O2/c1-36-24-17-29-16-23(32-24)22-15-20-7-11-30-27(35)25(20)26(33-22)31-21-5-3-18(4-6-21)19-8-13-34(14-9-19)12-2-10-28/h3-7,11,15-17,19H,2,8-10,12-14H2,1H3,(H,30,35)(H,31,33). The summed E-state index contributed by atoms with van der Waals surface area (Å²) < 4.78 is 17.7. The molecule has 1 aromatic carbocycles. The summed E-state index contributed by atoms with van der Waals surface area (Å²) in [5.74, 6) is 1.33. The van der Waals surface area contributed by atoms with Gasteiger partial charge in [-0.3, -0.25) is 14.2 Å². The minimum atomic E-state index is -0.250. The Bertz CT molecular complexity index is 1380. The smallest absolute Gasteiger partial charge is 0.259 e. The highest BCUT2D eigenvalue weighted by atomic mass is 19.1. The van der Waals surface area contributed by atoms with Crippen LogP contribution in [0, 0.1) is 0 Å². The normalized spacial score (nSPS) is 14.7. The quantitative estimate of drug-likeness (QED) is 0.372. The predicted molar refractivity (Wildman–Crippen MR) is 139 cm³/mol. The number of rotatable bonds is 8. The second-order valence-corrected chi connectivity index (χ2v) is 8.98. The van der Waals surface area contributed by atoms with Crippen LogP contribution in [-0.2, 0) is 0 Å². The van der Waals surface area contributed by atoms with Gasteiger partial charge in [0.15, 0.2) is 0 Å². The summed E-state index contributed by atoms with van der Waals surface area (Å²) in [6.45, 7) is 2.60. The molecule has 0 atom stereocenters. The third-order valence-electron chi connectivity index (χ3n) is 6.68. The van der Waals surface area contributed by atoms with E-state index in [2.05, 4.69) is 37.3 Å². The summed E-state index contributed by atoms with van der Waals surface area (Å²) in [6, 6.07) is 12.0. The van der Waals surface area contributed by atoms with Gasteiger partial charge in [0.2, 0.25) is 5.88 Å². The summed E-state index contributed by atoms with van der Waals surface area (Å²) in [5.41, 5.74) is 3.04. The number of likely N-dealkylation sites (tertiary alicyclic amines) is 1. The average molecular weight is 489 g/mol. The molecule has 0 aliphatic carbocycles. The van der Waals surface area contributed by atoms with Gasteiger partial charge in [0.25, 0.3) is 5.56 Å². The molecule has 0 spiro atoms. The molecule has 36 heavy (non-hydrogen) atoms. The van der Waals surface area contributed by atoms with Crippen molar-refractivity contribution >= 4 is 22.3 Å². The van der Waals surface area contributed by atoms with E-state index in [4.69, 9.17) is 9.72 Å². The molecule has 0 saturated carbocycles. The van der Waals surface area contributed by atoms with Crippen LogP contribution < -0.4 is 15.6 Å². The van der Waals surface area contributed by atoms with Crippen molar-refractivity contribution in [3.05, 3.63) is 70.9 Å². The second kappa shape index (κ2) is 10.8. The van der Waals surface area contributed by atoms with Crippen molar-refractivity contribution in [1.29, 1.82) is 0 Å². The molecule has 1 aliphatic heterocycles. The SMILES string of the molecule is COc1cncc(-c2cc3cc[nH]c(=O)c3c(Nc3ccc(C4CCN(CCCF)CC4)cc3)n2)n1. The number of hydrogen-bond donors (Lipinski definition) is 2. The van der Waals surface area contributed by atoms with E-state index in [9.17, 15) is 9.18 Å². The first-order valence-corrected chi connectivity index (χ1v) is 12.2. The fourth-order valence-electron chi connectivity index (χ4n) is 4.75. The van der Waals surface area contributed by atoms with Gasteiger partial charge in [-0.15, -0.1) is 0 Å². The fraction of sp³-hybridized carbons (Fsp3) is 0.333. The lowest BCUT2D eigenvalue weighted by Crippen LogP contribution is -2.33. The van der Waals surface area contributed by atoms with Crippen molar-refractivity contribution < 1.29 is 9.13 Å². The molecule has 8 nitrogen and oxygen atoms in total. The minimum absolute atomic E-state index is 0.220. The number of piperidine rings is 1. The first-order valence-electron chi connectivity index (χ1n) is 12.2. The van der Waals surface area contributed by atoms with Crippen molar-refractivity contribution in [3.8, 4) is 17.3 Å². The summed E-state index contributed by atoms with van der Waals surface area (Å²) in [5, 5.41) is 4.55. The Kier molecular flexibility index (Phi) is 7.18. The number of H-pyrrole nitrogens is 1. The van der Waals surface area contributed by atoms with E-state index in [0.29, 0.717) is 40.8 Å². The van der Waals surface area contributed by atoms with Crippen LogP contribution in [0.15, 0.2) is 59.8 Å². The molecule has 0 unspecified atom stereocenters. The number of fused-ring (bicyclic) bond motifs is 1. The Labute approximate surface area is 208 Å². The lowest BCUT2D eigenvalue weighted by molar-refractivity contribution is 0.204. The Morgan fingerprint density at radius 1 is 1.11 bits per heavy atom. The zero-order valence-electron chi connectivity index (χ0n) is 20.2. The summed E-state index contributed by atoms with van der Waals surface area (Å²) in [7, 11) is 1.54. The number of aromatic nitrogens is 4. The molecule has 4 aromatic rings. The maximum absolute atomic E-state index is 12.7. The zero-order chi connectivity index (χ0) is 24.9. The number of alkyl halides is 1. The number of benzene rings is 1. The molecule has 2 N–H and O–H groups in total. The van der Waals surface area contributed by atoms with Gasteiger partial charge in [-0.05, 0) is 73.5 Å². The maximum atomic E-state index is 12.7. The van der Waals surface area contributed by atoms with Crippen LogP contribution in [0.3, 0.4) is 0 Å². The third-order valence-corrected chi connectivity index (χ3v) is 6.68. The largest absolute Gasteiger partial charge is 0.480 e. The van der Waals surface area contributed by atoms with E-state index in [1.165, 1.54) is 18.9 Å². The minimum Gasteiger partial charge on any atom is -0.480 e. The first kappa shape index (κ1) is 23.9. The number of ether oxygens (including phenoxy) is 1. The monoisotopic (exact) mass is 488 g/mol. The first-order chi connectivity index (χ1) is 17.6. The molecule has 5 rings (SSSR count). The van der Waals surface area contributed by atoms with Gasteiger partial charge in [-0.25, -0.2) is 9.97 Å². The molecule has 0 radical (unpaired) electrons. The van der Waals surface area contributed by atoms with Crippen LogP contribution in [0.4, 0.5) is 15.9 Å². The van der Waals surface area contributed by atoms with Gasteiger partial charge < -0.3 is 19.9 Å². The van der Waals surface area contributed by atoms with Crippen molar-refractivity contribution in [1.82, 2.24) is 24.8 Å². The Morgan fingerprint density at radius 2 is 1.92 bits per heavy atom. The highest BCUT2D eigenvalue weighted by Crippen LogP contribution is 2.31. The predicted octanol–water partition coefficient (Wildman–Crippen LogP) is 4.67. The second-order valence-electron chi connectivity index (χ2n) is 8.98. The van der Waals surface area contributed by atoms with E-state index >= 15 is 0 Å².